The van der Waals surface area contributed by atoms with Crippen LogP contribution < -0.4 is 0 Å². The number of carbonyl (C=O) groups excluding carboxylic acids is 2. The van der Waals surface area contributed by atoms with E-state index in [1.54, 1.807) is 6.92 Å². The molecule has 0 heterocycles. The Kier molecular flexibility index (Phi) is 5.88. The summed E-state index contributed by atoms with van der Waals surface area (Å²) in [6.07, 6.45) is 0.955. The van der Waals surface area contributed by atoms with Gasteiger partial charge in [-0.25, -0.2) is 0 Å². The first-order valence-electron chi connectivity index (χ1n) is 7.94. The Morgan fingerprint density at radius 1 is 0.952 bits per heavy atom. The molecule has 0 N–H and O–H groups in total. The van der Waals surface area contributed by atoms with Crippen molar-refractivity contribution in [2.45, 2.75) is 66.7 Å². The van der Waals surface area contributed by atoms with E-state index in [4.69, 9.17) is 0 Å². The number of benzene rings is 1. The second-order valence-electron chi connectivity index (χ2n) is 6.53. The van der Waals surface area contributed by atoms with Crippen molar-refractivity contribution in [1.82, 2.24) is 0 Å². The fourth-order valence-corrected chi connectivity index (χ4v) is 2.68. The molecule has 2 nitrogen and oxygen atoms in total. The molecule has 1 rings (SSSR count). The fraction of sp³-hybridized carbons (Fsp3) is 0.579. The maximum atomic E-state index is 12.7. The van der Waals surface area contributed by atoms with Gasteiger partial charge in [0.25, 0.3) is 0 Å². The molecule has 1 aromatic rings. The predicted octanol–water partition coefficient (Wildman–Crippen LogP) is 5.36. The van der Waals surface area contributed by atoms with Gasteiger partial charge in [-0.3, -0.25) is 9.59 Å². The minimum absolute atomic E-state index is 0.00296. The Balaban J connectivity index is 3.74. The first-order chi connectivity index (χ1) is 9.72. The van der Waals surface area contributed by atoms with Crippen LogP contribution >= 0.6 is 0 Å². The highest BCUT2D eigenvalue weighted by atomic mass is 16.1. The van der Waals surface area contributed by atoms with Gasteiger partial charge in [0.15, 0.2) is 11.6 Å². The molecule has 0 bridgehead atoms. The zero-order valence-corrected chi connectivity index (χ0v) is 14.4. The number of ketones is 2. The van der Waals surface area contributed by atoms with E-state index in [2.05, 4.69) is 27.7 Å². The smallest absolute Gasteiger partial charge is 0.166 e. The summed E-state index contributed by atoms with van der Waals surface area (Å²) in [7, 11) is 0. The summed E-state index contributed by atoms with van der Waals surface area (Å²) in [5, 5.41) is 0. The van der Waals surface area contributed by atoms with E-state index < -0.39 is 0 Å². The first kappa shape index (κ1) is 17.6. The van der Waals surface area contributed by atoms with E-state index in [9.17, 15) is 9.59 Å². The van der Waals surface area contributed by atoms with Gasteiger partial charge < -0.3 is 0 Å². The van der Waals surface area contributed by atoms with E-state index in [1.165, 1.54) is 0 Å². The molecule has 0 aromatic heterocycles. The predicted molar refractivity (Wildman–Crippen MR) is 88.4 cm³/mol. The third kappa shape index (κ3) is 3.61. The average molecular weight is 288 g/mol. The van der Waals surface area contributed by atoms with Crippen molar-refractivity contribution in [2.24, 2.45) is 5.92 Å². The van der Waals surface area contributed by atoms with E-state index in [0.29, 0.717) is 11.1 Å². The molecule has 0 saturated heterocycles. The summed E-state index contributed by atoms with van der Waals surface area (Å²) in [4.78, 5) is 25.0. The molecule has 0 amide bonds. The summed E-state index contributed by atoms with van der Waals surface area (Å²) >= 11 is 0. The molecule has 0 saturated carbocycles. The van der Waals surface area contributed by atoms with Crippen LogP contribution in [0.1, 0.15) is 98.6 Å². The average Bonchev–Trinajstić information content (AvgIpc) is 2.43. The molecule has 0 aliphatic heterocycles. The molecular formula is C19H28O2. The molecule has 0 aliphatic carbocycles. The summed E-state index contributed by atoms with van der Waals surface area (Å²) in [5.74, 6) is 0.481. The Morgan fingerprint density at radius 2 is 1.48 bits per heavy atom. The zero-order valence-electron chi connectivity index (χ0n) is 14.4. The Labute approximate surface area is 128 Å². The van der Waals surface area contributed by atoms with Crippen LogP contribution in [-0.4, -0.2) is 11.6 Å². The Bertz CT molecular complexity index is 539. The number of rotatable bonds is 6. The number of Topliss-reactive ketones (excluding diaryl/α,β-unsaturated/α-hetero) is 2. The highest BCUT2D eigenvalue weighted by Gasteiger charge is 2.26. The molecule has 1 aromatic carbocycles. The second kappa shape index (κ2) is 7.02. The first-order valence-corrected chi connectivity index (χ1v) is 7.94. The van der Waals surface area contributed by atoms with Crippen molar-refractivity contribution >= 4 is 11.6 Å². The van der Waals surface area contributed by atoms with Crippen molar-refractivity contribution in [1.29, 1.82) is 0 Å². The van der Waals surface area contributed by atoms with Crippen molar-refractivity contribution in [3.05, 3.63) is 34.4 Å². The van der Waals surface area contributed by atoms with Crippen molar-refractivity contribution in [3.8, 4) is 0 Å². The Hall–Kier alpha value is -1.44. The monoisotopic (exact) mass is 288 g/mol. The van der Waals surface area contributed by atoms with Crippen LogP contribution in [0.15, 0.2) is 12.1 Å². The van der Waals surface area contributed by atoms with E-state index in [-0.39, 0.29) is 29.3 Å². The van der Waals surface area contributed by atoms with Gasteiger partial charge >= 0.3 is 0 Å². The van der Waals surface area contributed by atoms with Crippen LogP contribution in [0.4, 0.5) is 0 Å². The van der Waals surface area contributed by atoms with Crippen molar-refractivity contribution < 1.29 is 9.59 Å². The number of hydrogen-bond acceptors (Lipinski definition) is 2. The van der Waals surface area contributed by atoms with Gasteiger partial charge in [0.2, 0.25) is 0 Å². The van der Waals surface area contributed by atoms with Crippen LogP contribution in [0.25, 0.3) is 0 Å². The fourth-order valence-electron chi connectivity index (χ4n) is 2.68. The van der Waals surface area contributed by atoms with Crippen LogP contribution in [0, 0.1) is 5.92 Å². The third-order valence-corrected chi connectivity index (χ3v) is 4.16. The van der Waals surface area contributed by atoms with Gasteiger partial charge in [-0.1, -0.05) is 53.7 Å². The van der Waals surface area contributed by atoms with Gasteiger partial charge in [0.1, 0.15) is 0 Å². The zero-order chi connectivity index (χ0) is 16.3. The van der Waals surface area contributed by atoms with Gasteiger partial charge in [0, 0.05) is 17.0 Å². The number of carbonyl (C=O) groups is 2. The molecule has 0 radical (unpaired) electrons. The van der Waals surface area contributed by atoms with Gasteiger partial charge in [0.05, 0.1) is 0 Å². The van der Waals surface area contributed by atoms with Gasteiger partial charge in [-0.2, -0.15) is 0 Å². The van der Waals surface area contributed by atoms with E-state index in [1.807, 2.05) is 26.0 Å². The lowest BCUT2D eigenvalue weighted by Gasteiger charge is -2.22. The highest BCUT2D eigenvalue weighted by Crippen LogP contribution is 2.32. The second-order valence-corrected chi connectivity index (χ2v) is 6.53. The lowest BCUT2D eigenvalue weighted by atomic mass is 9.80. The lowest BCUT2D eigenvalue weighted by molar-refractivity contribution is 0.0925. The third-order valence-electron chi connectivity index (χ3n) is 4.16. The largest absolute Gasteiger partial charge is 0.294 e. The van der Waals surface area contributed by atoms with Crippen LogP contribution in [0.2, 0.25) is 0 Å². The summed E-state index contributed by atoms with van der Waals surface area (Å²) < 4.78 is 0. The maximum absolute atomic E-state index is 12.7. The topological polar surface area (TPSA) is 34.1 Å². The van der Waals surface area contributed by atoms with Crippen LogP contribution in [-0.2, 0) is 0 Å². The molecular weight excluding hydrogens is 260 g/mol. The molecule has 1 atom stereocenters. The van der Waals surface area contributed by atoms with Gasteiger partial charge in [-0.15, -0.1) is 0 Å². The van der Waals surface area contributed by atoms with Crippen LogP contribution in [0.5, 0.6) is 0 Å². The molecule has 1 unspecified atom stereocenters. The van der Waals surface area contributed by atoms with Crippen LogP contribution in [0.3, 0.4) is 0 Å². The molecule has 0 spiro atoms. The van der Waals surface area contributed by atoms with E-state index in [0.717, 1.165) is 17.5 Å². The minimum atomic E-state index is -0.104. The number of hydrogen-bond donors (Lipinski definition) is 0. The molecule has 0 fully saturated rings. The standard InChI is InChI=1S/C19H28O2/c1-8-13(6)16-10-9-15(11(2)3)18(17(16)14(7)20)19(21)12(4)5/h9-13H,8H2,1-7H3. The molecule has 0 aliphatic rings. The molecule has 2 heteroatoms. The molecule has 116 valence electrons. The summed E-state index contributed by atoms with van der Waals surface area (Å²) in [6.45, 7) is 13.7. The van der Waals surface area contributed by atoms with Crippen molar-refractivity contribution in [3.63, 3.8) is 0 Å². The summed E-state index contributed by atoms with van der Waals surface area (Å²) in [6, 6.07) is 4.07. The maximum Gasteiger partial charge on any atom is 0.166 e. The lowest BCUT2D eigenvalue weighted by Crippen LogP contribution is -2.19. The quantitative estimate of drug-likeness (QED) is 0.660. The molecule has 21 heavy (non-hydrogen) atoms. The summed E-state index contributed by atoms with van der Waals surface area (Å²) in [5.41, 5.74) is 3.31. The van der Waals surface area contributed by atoms with Crippen molar-refractivity contribution in [2.75, 3.05) is 0 Å². The Morgan fingerprint density at radius 3 is 1.86 bits per heavy atom. The SMILES string of the molecule is CCC(C)c1ccc(C(C)C)c(C(=O)C(C)C)c1C(C)=O. The highest BCUT2D eigenvalue weighted by molar-refractivity contribution is 6.10. The van der Waals surface area contributed by atoms with E-state index >= 15 is 0 Å². The van der Waals surface area contributed by atoms with Gasteiger partial charge in [-0.05, 0) is 36.3 Å². The minimum Gasteiger partial charge on any atom is -0.294 e. The normalized spacial score (nSPS) is 12.8.